The van der Waals surface area contributed by atoms with Crippen LogP contribution in [0.3, 0.4) is 0 Å². The van der Waals surface area contributed by atoms with E-state index in [1.807, 2.05) is 13.0 Å². The monoisotopic (exact) mass is 452 g/mol. The fraction of sp³-hybridized carbons (Fsp3) is 0.174. The Morgan fingerprint density at radius 2 is 1.85 bits per heavy atom. The summed E-state index contributed by atoms with van der Waals surface area (Å²) in [6.45, 7) is 3.32. The van der Waals surface area contributed by atoms with E-state index in [2.05, 4.69) is 20.4 Å². The van der Waals surface area contributed by atoms with Crippen LogP contribution in [-0.4, -0.2) is 38.3 Å². The highest BCUT2D eigenvalue weighted by Gasteiger charge is 2.42. The van der Waals surface area contributed by atoms with Gasteiger partial charge < -0.3 is 15.3 Å². The number of aliphatic carboxylic acids is 1. The first-order valence-electron chi connectivity index (χ1n) is 9.85. The second kappa shape index (κ2) is 8.38. The largest absolute Gasteiger partial charge is 0.478 e. The van der Waals surface area contributed by atoms with Crippen LogP contribution in [0.5, 0.6) is 0 Å². The Hall–Kier alpha value is -4.21. The quantitative estimate of drug-likeness (QED) is 0.606. The molecule has 4 rings (SSSR count). The fourth-order valence-electron chi connectivity index (χ4n) is 3.31. The van der Waals surface area contributed by atoms with Crippen molar-refractivity contribution in [2.45, 2.75) is 25.9 Å². The molecule has 2 heterocycles. The van der Waals surface area contributed by atoms with Crippen LogP contribution in [0.4, 0.5) is 14.6 Å². The Morgan fingerprint density at radius 1 is 1.12 bits per heavy atom. The highest BCUT2D eigenvalue weighted by atomic mass is 19.1. The third-order valence-corrected chi connectivity index (χ3v) is 5.24. The summed E-state index contributed by atoms with van der Waals surface area (Å²) in [6.07, 6.45) is 2.79. The number of aryl methyl sites for hydroxylation is 1. The molecule has 10 heteroatoms. The first-order valence-corrected chi connectivity index (χ1v) is 9.85. The van der Waals surface area contributed by atoms with Gasteiger partial charge in [0.15, 0.2) is 5.82 Å². The van der Waals surface area contributed by atoms with Gasteiger partial charge >= 0.3 is 5.97 Å². The third kappa shape index (κ3) is 4.27. The van der Waals surface area contributed by atoms with Gasteiger partial charge in [-0.3, -0.25) is 9.78 Å². The van der Waals surface area contributed by atoms with Crippen LogP contribution in [0, 0.1) is 18.6 Å². The second-order valence-corrected chi connectivity index (χ2v) is 7.71. The van der Waals surface area contributed by atoms with Crippen molar-refractivity contribution in [2.75, 3.05) is 5.32 Å². The van der Waals surface area contributed by atoms with E-state index in [1.165, 1.54) is 19.3 Å². The lowest BCUT2D eigenvalue weighted by Crippen LogP contribution is -2.35. The maximum atomic E-state index is 13.8. The lowest BCUT2D eigenvalue weighted by atomic mass is 9.93. The van der Waals surface area contributed by atoms with E-state index < -0.39 is 34.7 Å². The van der Waals surface area contributed by atoms with Crippen molar-refractivity contribution in [3.8, 4) is 11.3 Å². The van der Waals surface area contributed by atoms with Gasteiger partial charge in [0.1, 0.15) is 17.2 Å². The molecule has 0 fully saturated rings. The molecular weight excluding hydrogens is 434 g/mol. The molecule has 8 nitrogen and oxygen atoms in total. The number of hydrogen-bond donors (Lipinski definition) is 2. The van der Waals surface area contributed by atoms with Gasteiger partial charge in [0.25, 0.3) is 5.91 Å². The predicted molar refractivity (Wildman–Crippen MR) is 115 cm³/mol. The molecule has 0 saturated carbocycles. The Balaban J connectivity index is 1.55. The van der Waals surface area contributed by atoms with Crippen LogP contribution in [0.1, 0.15) is 34.8 Å². The molecule has 1 amide bonds. The standard InChI is InChI=1S/C23H18F2N4O4/c1-12-6-7-13(17-9-23(2,22(31)32)33-29-17)8-14(12)18-10-27-19(11-26-18)28-21(30)20-15(24)4-3-5-16(20)25/h3-8,10-11H,9H2,1-2H3,(H,31,32)(H,27,28,30). The topological polar surface area (TPSA) is 114 Å². The lowest BCUT2D eigenvalue weighted by molar-refractivity contribution is -0.160. The van der Waals surface area contributed by atoms with E-state index in [0.717, 1.165) is 23.8 Å². The summed E-state index contributed by atoms with van der Waals surface area (Å²) >= 11 is 0. The zero-order chi connectivity index (χ0) is 23.8. The molecule has 0 bridgehead atoms. The predicted octanol–water partition coefficient (Wildman–Crippen LogP) is 3.95. The number of hydrogen-bond acceptors (Lipinski definition) is 6. The number of nitrogens with zero attached hydrogens (tertiary/aromatic N) is 3. The number of carboxylic acid groups (broad SMARTS) is 1. The van der Waals surface area contributed by atoms with Gasteiger partial charge in [0, 0.05) is 17.5 Å². The zero-order valence-electron chi connectivity index (χ0n) is 17.6. The van der Waals surface area contributed by atoms with Gasteiger partial charge in [-0.05, 0) is 37.6 Å². The summed E-state index contributed by atoms with van der Waals surface area (Å²) in [5, 5.41) is 15.6. The van der Waals surface area contributed by atoms with Gasteiger partial charge in [-0.25, -0.2) is 18.6 Å². The molecular formula is C23H18F2N4O4. The van der Waals surface area contributed by atoms with Crippen LogP contribution in [-0.2, 0) is 9.63 Å². The Labute approximate surface area is 186 Å². The molecule has 2 aromatic carbocycles. The smallest absolute Gasteiger partial charge is 0.351 e. The summed E-state index contributed by atoms with van der Waals surface area (Å²) in [5.41, 5.74) is 1.10. The van der Waals surface area contributed by atoms with Gasteiger partial charge in [0.2, 0.25) is 5.60 Å². The molecule has 1 atom stereocenters. The van der Waals surface area contributed by atoms with Crippen LogP contribution in [0.15, 0.2) is 53.9 Å². The van der Waals surface area contributed by atoms with Crippen molar-refractivity contribution in [1.82, 2.24) is 9.97 Å². The molecule has 0 spiro atoms. The molecule has 1 aliphatic rings. The molecule has 0 saturated heterocycles. The molecule has 33 heavy (non-hydrogen) atoms. The maximum absolute atomic E-state index is 13.8. The van der Waals surface area contributed by atoms with Crippen molar-refractivity contribution in [2.24, 2.45) is 5.16 Å². The van der Waals surface area contributed by atoms with Crippen molar-refractivity contribution in [1.29, 1.82) is 0 Å². The third-order valence-electron chi connectivity index (χ3n) is 5.24. The summed E-state index contributed by atoms with van der Waals surface area (Å²) in [6, 6.07) is 8.57. The number of carboxylic acids is 1. The van der Waals surface area contributed by atoms with Crippen molar-refractivity contribution >= 4 is 23.4 Å². The highest BCUT2D eigenvalue weighted by molar-refractivity contribution is 6.05. The minimum absolute atomic E-state index is 0.0194. The molecule has 2 N–H and O–H groups in total. The minimum Gasteiger partial charge on any atom is -0.478 e. The highest BCUT2D eigenvalue weighted by Crippen LogP contribution is 2.30. The normalized spacial score (nSPS) is 17.3. The molecule has 1 aliphatic heterocycles. The molecule has 0 radical (unpaired) electrons. The number of halogens is 2. The van der Waals surface area contributed by atoms with Crippen LogP contribution >= 0.6 is 0 Å². The van der Waals surface area contributed by atoms with E-state index in [9.17, 15) is 23.5 Å². The van der Waals surface area contributed by atoms with E-state index in [-0.39, 0.29) is 12.2 Å². The van der Waals surface area contributed by atoms with Gasteiger partial charge in [-0.1, -0.05) is 23.4 Å². The van der Waals surface area contributed by atoms with Gasteiger partial charge in [-0.2, -0.15) is 0 Å². The van der Waals surface area contributed by atoms with E-state index in [4.69, 9.17) is 4.84 Å². The van der Waals surface area contributed by atoms with Crippen molar-refractivity contribution in [3.05, 3.63) is 77.1 Å². The number of carbonyl (C=O) groups is 2. The summed E-state index contributed by atoms with van der Waals surface area (Å²) in [5.74, 6) is -4.03. The first-order chi connectivity index (χ1) is 15.7. The summed E-state index contributed by atoms with van der Waals surface area (Å²) in [4.78, 5) is 37.2. The number of nitrogens with one attached hydrogen (secondary N) is 1. The molecule has 1 unspecified atom stereocenters. The van der Waals surface area contributed by atoms with E-state index in [0.29, 0.717) is 22.5 Å². The second-order valence-electron chi connectivity index (χ2n) is 7.71. The number of amides is 1. The molecule has 0 aliphatic carbocycles. The Kier molecular flexibility index (Phi) is 5.59. The fourth-order valence-corrected chi connectivity index (χ4v) is 3.31. The number of carbonyl (C=O) groups excluding carboxylic acids is 1. The lowest BCUT2D eigenvalue weighted by Gasteiger charge is -2.14. The van der Waals surface area contributed by atoms with Crippen LogP contribution in [0.25, 0.3) is 11.3 Å². The van der Waals surface area contributed by atoms with Crippen molar-refractivity contribution in [3.63, 3.8) is 0 Å². The minimum atomic E-state index is -1.42. The van der Waals surface area contributed by atoms with Gasteiger partial charge in [-0.15, -0.1) is 0 Å². The summed E-state index contributed by atoms with van der Waals surface area (Å²) < 4.78 is 27.6. The summed E-state index contributed by atoms with van der Waals surface area (Å²) in [7, 11) is 0. The average molecular weight is 452 g/mol. The number of oxime groups is 1. The number of anilines is 1. The van der Waals surface area contributed by atoms with E-state index >= 15 is 0 Å². The Bertz CT molecular complexity index is 1270. The SMILES string of the molecule is Cc1ccc(C2=NOC(C)(C(=O)O)C2)cc1-c1cnc(NC(=O)c2c(F)cccc2F)cn1. The van der Waals surface area contributed by atoms with E-state index in [1.54, 1.807) is 12.1 Å². The van der Waals surface area contributed by atoms with Crippen molar-refractivity contribution < 1.29 is 28.3 Å². The number of aromatic nitrogens is 2. The number of benzene rings is 2. The molecule has 168 valence electrons. The van der Waals surface area contributed by atoms with Crippen LogP contribution in [0.2, 0.25) is 0 Å². The molecule has 1 aromatic heterocycles. The zero-order valence-corrected chi connectivity index (χ0v) is 17.6. The van der Waals surface area contributed by atoms with Gasteiger partial charge in [0.05, 0.1) is 23.8 Å². The number of rotatable bonds is 5. The van der Waals surface area contributed by atoms with Crippen LogP contribution < -0.4 is 5.32 Å². The molecule has 3 aromatic rings. The first kappa shape index (κ1) is 22.0. The Morgan fingerprint density at radius 3 is 2.45 bits per heavy atom. The average Bonchev–Trinajstić information content (AvgIpc) is 3.18. The maximum Gasteiger partial charge on any atom is 0.351 e.